The predicted octanol–water partition coefficient (Wildman–Crippen LogP) is 0.244. The average molecular weight is 259 g/mol. The molecule has 1 aliphatic rings. The Morgan fingerprint density at radius 1 is 1.26 bits per heavy atom. The maximum atomic E-state index is 4.56. The number of rotatable bonds is 2. The molecule has 1 N–H and O–H groups in total. The van der Waals surface area contributed by atoms with Gasteiger partial charge < -0.3 is 10.2 Å². The quantitative estimate of drug-likeness (QED) is 0.833. The first-order valence-electron chi connectivity index (χ1n) is 6.41. The summed E-state index contributed by atoms with van der Waals surface area (Å²) in [7, 11) is 0. The molecule has 2 aromatic rings. The lowest BCUT2D eigenvalue weighted by Crippen LogP contribution is -2.54. The van der Waals surface area contributed by atoms with Gasteiger partial charge in [-0.2, -0.15) is 10.1 Å². The second kappa shape index (κ2) is 4.93. The van der Waals surface area contributed by atoms with E-state index < -0.39 is 0 Å². The van der Waals surface area contributed by atoms with Crippen molar-refractivity contribution >= 4 is 5.95 Å². The van der Waals surface area contributed by atoms with E-state index in [0.717, 1.165) is 24.9 Å². The number of anilines is 1. The van der Waals surface area contributed by atoms with Gasteiger partial charge in [0.05, 0.1) is 0 Å². The van der Waals surface area contributed by atoms with Gasteiger partial charge in [0.2, 0.25) is 5.95 Å². The molecule has 1 aliphatic heterocycles. The number of nitrogens with one attached hydrogen (secondary N) is 1. The topological polar surface area (TPSA) is 71.8 Å². The molecule has 0 amide bonds. The number of aromatic nitrogens is 5. The summed E-state index contributed by atoms with van der Waals surface area (Å²) in [6.45, 7) is 6.16. The predicted molar refractivity (Wildman–Crippen MR) is 71.2 cm³/mol. The number of piperazine rings is 1. The molecule has 1 saturated heterocycles. The third-order valence-electron chi connectivity index (χ3n) is 3.12. The van der Waals surface area contributed by atoms with Gasteiger partial charge in [-0.3, -0.25) is 0 Å². The standard InChI is InChI=1S/C12H17N7/c1-9-5-18(6-10(2)16-9)12-14-4-3-11(17-12)19-8-13-7-15-19/h3-4,7-10,16H,5-6H2,1-2H3/t9-,10+. The third-order valence-corrected chi connectivity index (χ3v) is 3.12. The van der Waals surface area contributed by atoms with Crippen molar-refractivity contribution < 1.29 is 0 Å². The minimum Gasteiger partial charge on any atom is -0.338 e. The van der Waals surface area contributed by atoms with Crippen LogP contribution in [0.2, 0.25) is 0 Å². The molecule has 3 rings (SSSR count). The first-order chi connectivity index (χ1) is 9.22. The smallest absolute Gasteiger partial charge is 0.227 e. The van der Waals surface area contributed by atoms with E-state index in [2.05, 4.69) is 44.1 Å². The minimum atomic E-state index is 0.433. The van der Waals surface area contributed by atoms with Crippen LogP contribution in [0.4, 0.5) is 5.95 Å². The SMILES string of the molecule is C[C@@H]1CN(c2nccc(-n3cncn3)n2)C[C@H](C)N1. The zero-order valence-corrected chi connectivity index (χ0v) is 11.1. The molecule has 0 spiro atoms. The maximum Gasteiger partial charge on any atom is 0.227 e. The van der Waals surface area contributed by atoms with E-state index in [9.17, 15) is 0 Å². The molecule has 19 heavy (non-hydrogen) atoms. The van der Waals surface area contributed by atoms with Gasteiger partial charge >= 0.3 is 0 Å². The van der Waals surface area contributed by atoms with Gasteiger partial charge in [-0.25, -0.2) is 14.6 Å². The monoisotopic (exact) mass is 259 g/mol. The Morgan fingerprint density at radius 2 is 2.05 bits per heavy atom. The lowest BCUT2D eigenvalue weighted by molar-refractivity contribution is 0.403. The molecule has 7 heteroatoms. The van der Waals surface area contributed by atoms with Crippen molar-refractivity contribution in [1.29, 1.82) is 0 Å². The van der Waals surface area contributed by atoms with Gasteiger partial charge in [-0.15, -0.1) is 0 Å². The Labute approximate surface area is 111 Å². The van der Waals surface area contributed by atoms with Crippen molar-refractivity contribution in [3.8, 4) is 5.82 Å². The summed E-state index contributed by atoms with van der Waals surface area (Å²) in [6, 6.07) is 2.69. The molecular weight excluding hydrogens is 242 g/mol. The largest absolute Gasteiger partial charge is 0.338 e. The van der Waals surface area contributed by atoms with E-state index in [1.54, 1.807) is 17.2 Å². The third kappa shape index (κ3) is 2.55. The highest BCUT2D eigenvalue weighted by Gasteiger charge is 2.22. The zero-order valence-electron chi connectivity index (χ0n) is 11.1. The molecule has 0 radical (unpaired) electrons. The number of nitrogens with zero attached hydrogens (tertiary/aromatic N) is 6. The van der Waals surface area contributed by atoms with Gasteiger partial charge in [0.25, 0.3) is 0 Å². The van der Waals surface area contributed by atoms with E-state index >= 15 is 0 Å². The number of hydrogen-bond acceptors (Lipinski definition) is 6. The first kappa shape index (κ1) is 12.0. The van der Waals surface area contributed by atoms with Gasteiger partial charge in [0, 0.05) is 37.4 Å². The lowest BCUT2D eigenvalue weighted by Gasteiger charge is -2.36. The molecule has 100 valence electrons. The van der Waals surface area contributed by atoms with E-state index in [0.29, 0.717) is 12.1 Å². The fourth-order valence-corrected chi connectivity index (χ4v) is 2.44. The molecule has 7 nitrogen and oxygen atoms in total. The van der Waals surface area contributed by atoms with Crippen LogP contribution < -0.4 is 10.2 Å². The van der Waals surface area contributed by atoms with E-state index in [4.69, 9.17) is 0 Å². The second-order valence-electron chi connectivity index (χ2n) is 4.93. The Kier molecular flexibility index (Phi) is 3.12. The highest BCUT2D eigenvalue weighted by Crippen LogP contribution is 2.14. The van der Waals surface area contributed by atoms with E-state index in [1.165, 1.54) is 6.33 Å². The summed E-state index contributed by atoms with van der Waals surface area (Å²) in [4.78, 5) is 15.1. The van der Waals surface area contributed by atoms with Crippen LogP contribution in [0.1, 0.15) is 13.8 Å². The molecule has 0 aromatic carbocycles. The van der Waals surface area contributed by atoms with Crippen LogP contribution in [0.15, 0.2) is 24.9 Å². The van der Waals surface area contributed by atoms with Crippen LogP contribution in [0.3, 0.4) is 0 Å². The zero-order chi connectivity index (χ0) is 13.2. The van der Waals surface area contributed by atoms with Crippen LogP contribution >= 0.6 is 0 Å². The van der Waals surface area contributed by atoms with Crippen LogP contribution in [-0.4, -0.2) is 49.9 Å². The lowest BCUT2D eigenvalue weighted by atomic mass is 10.1. The summed E-state index contributed by atoms with van der Waals surface area (Å²) >= 11 is 0. The normalized spacial score (nSPS) is 23.6. The van der Waals surface area contributed by atoms with Gasteiger partial charge in [-0.1, -0.05) is 0 Å². The van der Waals surface area contributed by atoms with Crippen molar-refractivity contribution in [3.63, 3.8) is 0 Å². The first-order valence-corrected chi connectivity index (χ1v) is 6.41. The Bertz CT molecular complexity index is 529. The van der Waals surface area contributed by atoms with E-state index in [-0.39, 0.29) is 0 Å². The van der Waals surface area contributed by atoms with Crippen molar-refractivity contribution in [1.82, 2.24) is 30.0 Å². The van der Waals surface area contributed by atoms with E-state index in [1.807, 2.05) is 6.07 Å². The van der Waals surface area contributed by atoms with Crippen LogP contribution in [0.25, 0.3) is 5.82 Å². The summed E-state index contributed by atoms with van der Waals surface area (Å²) in [6.07, 6.45) is 4.89. The van der Waals surface area contributed by atoms with Crippen molar-refractivity contribution in [3.05, 3.63) is 24.9 Å². The summed E-state index contributed by atoms with van der Waals surface area (Å²) in [5.41, 5.74) is 0. The Balaban J connectivity index is 1.87. The molecule has 2 atom stereocenters. The summed E-state index contributed by atoms with van der Waals surface area (Å²) < 4.78 is 1.64. The van der Waals surface area contributed by atoms with Crippen molar-refractivity contribution in [2.24, 2.45) is 0 Å². The summed E-state index contributed by atoms with van der Waals surface area (Å²) in [5, 5.41) is 7.58. The van der Waals surface area contributed by atoms with Gasteiger partial charge in [-0.05, 0) is 13.8 Å². The summed E-state index contributed by atoms with van der Waals surface area (Å²) in [5.74, 6) is 1.48. The highest BCUT2D eigenvalue weighted by atomic mass is 15.4. The van der Waals surface area contributed by atoms with Crippen LogP contribution in [0.5, 0.6) is 0 Å². The van der Waals surface area contributed by atoms with Crippen LogP contribution in [0, 0.1) is 0 Å². The number of hydrogen-bond donors (Lipinski definition) is 1. The minimum absolute atomic E-state index is 0.433. The molecule has 0 saturated carbocycles. The molecule has 1 fully saturated rings. The molecule has 0 bridgehead atoms. The van der Waals surface area contributed by atoms with Gasteiger partial charge in [0.15, 0.2) is 5.82 Å². The Hall–Kier alpha value is -2.02. The van der Waals surface area contributed by atoms with Crippen molar-refractivity contribution in [2.75, 3.05) is 18.0 Å². The fourth-order valence-electron chi connectivity index (χ4n) is 2.44. The van der Waals surface area contributed by atoms with Crippen LogP contribution in [-0.2, 0) is 0 Å². The molecule has 2 aromatic heterocycles. The van der Waals surface area contributed by atoms with Crippen molar-refractivity contribution in [2.45, 2.75) is 25.9 Å². The molecule has 0 aliphatic carbocycles. The second-order valence-corrected chi connectivity index (χ2v) is 4.93. The Morgan fingerprint density at radius 3 is 2.74 bits per heavy atom. The maximum absolute atomic E-state index is 4.56. The molecular formula is C12H17N7. The van der Waals surface area contributed by atoms with Gasteiger partial charge in [0.1, 0.15) is 12.7 Å². The average Bonchev–Trinajstić information content (AvgIpc) is 2.92. The molecule has 0 unspecified atom stereocenters. The fraction of sp³-hybridized carbons (Fsp3) is 0.500. The highest BCUT2D eigenvalue weighted by molar-refractivity contribution is 5.35. The molecule has 3 heterocycles.